The topological polar surface area (TPSA) is 26.0 Å². The Bertz CT molecular complexity index is 471. The van der Waals surface area contributed by atoms with E-state index in [1.165, 1.54) is 16.3 Å². The van der Waals surface area contributed by atoms with E-state index in [9.17, 15) is 0 Å². The number of hydrogen-bond donors (Lipinski definition) is 1. The first-order valence-electron chi connectivity index (χ1n) is 5.41. The number of fused-ring (bicyclic) bond motifs is 1. The van der Waals surface area contributed by atoms with Crippen molar-refractivity contribution in [1.82, 2.24) is 0 Å². The minimum Gasteiger partial charge on any atom is -0.322 e. The molecule has 15 heavy (non-hydrogen) atoms. The minimum atomic E-state index is -0.218. The summed E-state index contributed by atoms with van der Waals surface area (Å²) in [5, 5.41) is 2.54. The van der Waals surface area contributed by atoms with Crippen LogP contribution in [0.5, 0.6) is 0 Å². The second-order valence-electron chi connectivity index (χ2n) is 4.33. The summed E-state index contributed by atoms with van der Waals surface area (Å²) in [5.41, 5.74) is 7.22. The molecule has 0 bridgehead atoms. The van der Waals surface area contributed by atoms with E-state index in [4.69, 9.17) is 5.73 Å². The van der Waals surface area contributed by atoms with E-state index >= 15 is 0 Å². The summed E-state index contributed by atoms with van der Waals surface area (Å²) in [5.74, 6) is 0. The molecule has 2 aromatic carbocycles. The lowest BCUT2D eigenvalue weighted by atomic mass is 9.89. The zero-order valence-electron chi connectivity index (χ0n) is 9.33. The highest BCUT2D eigenvalue weighted by atomic mass is 14.7. The Morgan fingerprint density at radius 1 is 1.07 bits per heavy atom. The van der Waals surface area contributed by atoms with Crippen LogP contribution in [0.3, 0.4) is 0 Å². The highest BCUT2D eigenvalue weighted by Gasteiger charge is 2.18. The van der Waals surface area contributed by atoms with Gasteiger partial charge in [-0.3, -0.25) is 0 Å². The van der Waals surface area contributed by atoms with Crippen LogP contribution in [0.15, 0.2) is 42.5 Å². The van der Waals surface area contributed by atoms with Crippen LogP contribution < -0.4 is 5.73 Å². The molecule has 0 fully saturated rings. The fraction of sp³-hybridized carbons (Fsp3) is 0.286. The van der Waals surface area contributed by atoms with Gasteiger partial charge in [0.15, 0.2) is 0 Å². The molecular formula is C14H17N. The second kappa shape index (κ2) is 3.67. The molecule has 2 aromatic rings. The van der Waals surface area contributed by atoms with Crippen LogP contribution in [-0.2, 0) is 5.54 Å². The Hall–Kier alpha value is -1.34. The molecule has 0 radical (unpaired) electrons. The van der Waals surface area contributed by atoms with Crippen molar-refractivity contribution in [2.45, 2.75) is 25.8 Å². The summed E-state index contributed by atoms with van der Waals surface area (Å²) in [7, 11) is 0. The lowest BCUT2D eigenvalue weighted by molar-refractivity contribution is 0.477. The van der Waals surface area contributed by atoms with Crippen LogP contribution >= 0.6 is 0 Å². The molecule has 0 saturated heterocycles. The van der Waals surface area contributed by atoms with Crippen LogP contribution in [0.4, 0.5) is 0 Å². The van der Waals surface area contributed by atoms with Gasteiger partial charge in [-0.15, -0.1) is 0 Å². The van der Waals surface area contributed by atoms with E-state index in [0.717, 1.165) is 6.42 Å². The quantitative estimate of drug-likeness (QED) is 0.788. The molecule has 2 N–H and O–H groups in total. The van der Waals surface area contributed by atoms with Gasteiger partial charge in [-0.2, -0.15) is 0 Å². The fourth-order valence-electron chi connectivity index (χ4n) is 1.75. The monoisotopic (exact) mass is 199 g/mol. The minimum absolute atomic E-state index is 0.218. The van der Waals surface area contributed by atoms with Gasteiger partial charge in [0.1, 0.15) is 0 Å². The summed E-state index contributed by atoms with van der Waals surface area (Å²) in [6, 6.07) is 14.8. The van der Waals surface area contributed by atoms with Crippen molar-refractivity contribution < 1.29 is 0 Å². The van der Waals surface area contributed by atoms with Crippen molar-refractivity contribution in [2.75, 3.05) is 0 Å². The summed E-state index contributed by atoms with van der Waals surface area (Å²) >= 11 is 0. The molecule has 0 aliphatic rings. The van der Waals surface area contributed by atoms with Crippen molar-refractivity contribution in [3.05, 3.63) is 48.0 Å². The van der Waals surface area contributed by atoms with Crippen LogP contribution in [0.1, 0.15) is 25.8 Å². The number of rotatable bonds is 2. The Labute approximate surface area is 90.9 Å². The van der Waals surface area contributed by atoms with Crippen molar-refractivity contribution in [3.8, 4) is 0 Å². The highest BCUT2D eigenvalue weighted by Crippen LogP contribution is 2.25. The van der Waals surface area contributed by atoms with Gasteiger partial charge in [0.25, 0.3) is 0 Å². The fourth-order valence-corrected chi connectivity index (χ4v) is 1.75. The van der Waals surface area contributed by atoms with Gasteiger partial charge in [0.2, 0.25) is 0 Å². The third-order valence-corrected chi connectivity index (χ3v) is 3.14. The van der Waals surface area contributed by atoms with Crippen LogP contribution in [0.25, 0.3) is 10.8 Å². The molecule has 1 unspecified atom stereocenters. The lowest BCUT2D eigenvalue weighted by Gasteiger charge is -2.23. The molecule has 0 aliphatic carbocycles. The molecule has 2 rings (SSSR count). The predicted molar refractivity (Wildman–Crippen MR) is 65.8 cm³/mol. The normalized spacial score (nSPS) is 15.1. The van der Waals surface area contributed by atoms with Crippen LogP contribution in [0.2, 0.25) is 0 Å². The van der Waals surface area contributed by atoms with E-state index in [-0.39, 0.29) is 5.54 Å². The summed E-state index contributed by atoms with van der Waals surface area (Å²) in [6.07, 6.45) is 0.950. The van der Waals surface area contributed by atoms with Crippen molar-refractivity contribution in [3.63, 3.8) is 0 Å². The third kappa shape index (κ3) is 1.88. The Kier molecular flexibility index (Phi) is 2.49. The van der Waals surface area contributed by atoms with E-state index in [0.29, 0.717) is 0 Å². The maximum Gasteiger partial charge on any atom is 0.0378 e. The maximum atomic E-state index is 6.23. The average Bonchev–Trinajstić information content (AvgIpc) is 2.28. The lowest BCUT2D eigenvalue weighted by Crippen LogP contribution is -2.31. The van der Waals surface area contributed by atoms with Crippen LogP contribution in [0, 0.1) is 0 Å². The molecule has 1 nitrogen and oxygen atoms in total. The molecule has 78 valence electrons. The Morgan fingerprint density at radius 2 is 1.73 bits per heavy atom. The van der Waals surface area contributed by atoms with E-state index in [1.807, 2.05) is 0 Å². The Morgan fingerprint density at radius 3 is 2.40 bits per heavy atom. The first-order chi connectivity index (χ1) is 7.13. The van der Waals surface area contributed by atoms with Gasteiger partial charge in [0.05, 0.1) is 0 Å². The second-order valence-corrected chi connectivity index (χ2v) is 4.33. The molecule has 1 heteroatoms. The summed E-state index contributed by atoms with van der Waals surface area (Å²) in [6.45, 7) is 4.20. The summed E-state index contributed by atoms with van der Waals surface area (Å²) < 4.78 is 0. The molecular weight excluding hydrogens is 182 g/mol. The van der Waals surface area contributed by atoms with Gasteiger partial charge in [-0.25, -0.2) is 0 Å². The molecule has 0 aliphatic heterocycles. The van der Waals surface area contributed by atoms with Crippen molar-refractivity contribution in [1.29, 1.82) is 0 Å². The van der Waals surface area contributed by atoms with Gasteiger partial charge >= 0.3 is 0 Å². The van der Waals surface area contributed by atoms with Crippen molar-refractivity contribution >= 4 is 10.8 Å². The van der Waals surface area contributed by atoms with E-state index < -0.39 is 0 Å². The first-order valence-corrected chi connectivity index (χ1v) is 5.41. The van der Waals surface area contributed by atoms with Gasteiger partial charge in [0, 0.05) is 5.54 Å². The SMILES string of the molecule is CCC(C)(N)c1ccc2ccccc2c1. The number of hydrogen-bond acceptors (Lipinski definition) is 1. The predicted octanol–water partition coefficient (Wildman–Crippen LogP) is 3.42. The van der Waals surface area contributed by atoms with Gasteiger partial charge in [-0.1, -0.05) is 43.3 Å². The standard InChI is InChI=1S/C14H17N/c1-3-14(2,15)13-9-8-11-6-4-5-7-12(11)10-13/h4-10H,3,15H2,1-2H3. The smallest absolute Gasteiger partial charge is 0.0378 e. The van der Waals surface area contributed by atoms with Crippen molar-refractivity contribution in [2.24, 2.45) is 5.73 Å². The molecule has 1 atom stereocenters. The average molecular weight is 199 g/mol. The molecule has 0 heterocycles. The maximum absolute atomic E-state index is 6.23. The first kappa shape index (κ1) is 10.2. The molecule has 0 spiro atoms. The molecule has 0 aromatic heterocycles. The third-order valence-electron chi connectivity index (χ3n) is 3.14. The molecule has 0 saturated carbocycles. The zero-order chi connectivity index (χ0) is 10.9. The number of nitrogens with two attached hydrogens (primary N) is 1. The largest absolute Gasteiger partial charge is 0.322 e. The highest BCUT2D eigenvalue weighted by molar-refractivity contribution is 5.83. The zero-order valence-corrected chi connectivity index (χ0v) is 9.33. The van der Waals surface area contributed by atoms with Crippen LogP contribution in [-0.4, -0.2) is 0 Å². The summed E-state index contributed by atoms with van der Waals surface area (Å²) in [4.78, 5) is 0. The van der Waals surface area contributed by atoms with E-state index in [1.54, 1.807) is 0 Å². The molecule has 0 amide bonds. The van der Waals surface area contributed by atoms with E-state index in [2.05, 4.69) is 56.3 Å². The van der Waals surface area contributed by atoms with Gasteiger partial charge in [-0.05, 0) is 35.7 Å². The Balaban J connectivity index is 2.56. The van der Waals surface area contributed by atoms with Gasteiger partial charge < -0.3 is 5.73 Å². The number of benzene rings is 2.